The molecule has 0 aromatic rings. The predicted molar refractivity (Wildman–Crippen MR) is 41.7 cm³/mol. The Kier molecular flexibility index (Phi) is 10.2. The Labute approximate surface area is 62.7 Å². The van der Waals surface area contributed by atoms with E-state index in [2.05, 4.69) is 0 Å². The van der Waals surface area contributed by atoms with Gasteiger partial charge in [-0.15, -0.1) is 0 Å². The quantitative estimate of drug-likeness (QED) is 0.617. The summed E-state index contributed by atoms with van der Waals surface area (Å²) >= 11 is 0. The molecule has 0 aliphatic rings. The highest BCUT2D eigenvalue weighted by Crippen LogP contribution is 1.79. The van der Waals surface area contributed by atoms with Crippen molar-refractivity contribution < 1.29 is 9.90 Å². The third-order valence-corrected chi connectivity index (χ3v) is 1.04. The largest absolute Gasteiger partial charge is 0.387 e. The van der Waals surface area contributed by atoms with E-state index in [4.69, 9.17) is 5.11 Å². The monoisotopic (exact) mass is 147 g/mol. The SMILES string of the molecule is CC.CCN(C)C(=O)CO. The van der Waals surface area contributed by atoms with Gasteiger partial charge in [0, 0.05) is 13.6 Å². The van der Waals surface area contributed by atoms with E-state index in [9.17, 15) is 4.79 Å². The second-order valence-electron chi connectivity index (χ2n) is 1.57. The predicted octanol–water partition coefficient (Wildman–Crippen LogP) is 0.483. The summed E-state index contributed by atoms with van der Waals surface area (Å²) in [6, 6.07) is 0. The fourth-order valence-corrected chi connectivity index (χ4v) is 0.297. The average molecular weight is 147 g/mol. The van der Waals surface area contributed by atoms with Gasteiger partial charge in [0.05, 0.1) is 0 Å². The number of nitrogens with zero attached hydrogens (tertiary/aromatic N) is 1. The molecular formula is C7H17NO2. The molecule has 0 rings (SSSR count). The van der Waals surface area contributed by atoms with Crippen molar-refractivity contribution in [1.29, 1.82) is 0 Å². The summed E-state index contributed by atoms with van der Waals surface area (Å²) in [5.74, 6) is -0.229. The van der Waals surface area contributed by atoms with Crippen molar-refractivity contribution in [3.63, 3.8) is 0 Å². The number of hydrogen-bond donors (Lipinski definition) is 1. The molecule has 0 heterocycles. The Morgan fingerprint density at radius 1 is 1.50 bits per heavy atom. The summed E-state index contributed by atoms with van der Waals surface area (Å²) in [5, 5.41) is 8.25. The summed E-state index contributed by atoms with van der Waals surface area (Å²) in [7, 11) is 1.65. The lowest BCUT2D eigenvalue weighted by Gasteiger charge is -2.11. The third-order valence-electron chi connectivity index (χ3n) is 1.04. The van der Waals surface area contributed by atoms with Crippen LogP contribution in [-0.4, -0.2) is 36.1 Å². The van der Waals surface area contributed by atoms with Crippen LogP contribution in [0.5, 0.6) is 0 Å². The Hall–Kier alpha value is -0.570. The van der Waals surface area contributed by atoms with E-state index in [-0.39, 0.29) is 12.5 Å². The summed E-state index contributed by atoms with van der Waals surface area (Å²) < 4.78 is 0. The van der Waals surface area contributed by atoms with Crippen LogP contribution in [0.1, 0.15) is 20.8 Å². The number of aliphatic hydroxyl groups is 1. The molecule has 0 aliphatic carbocycles. The lowest BCUT2D eigenvalue weighted by Crippen LogP contribution is -2.28. The highest BCUT2D eigenvalue weighted by Gasteiger charge is 2.01. The van der Waals surface area contributed by atoms with Gasteiger partial charge in [0.15, 0.2) is 0 Å². The fourth-order valence-electron chi connectivity index (χ4n) is 0.297. The Morgan fingerprint density at radius 2 is 1.90 bits per heavy atom. The van der Waals surface area contributed by atoms with Gasteiger partial charge < -0.3 is 10.0 Å². The minimum absolute atomic E-state index is 0.229. The molecule has 0 bridgehead atoms. The molecule has 1 amide bonds. The first-order valence-corrected chi connectivity index (χ1v) is 3.57. The van der Waals surface area contributed by atoms with Gasteiger partial charge in [-0.25, -0.2) is 0 Å². The zero-order valence-corrected chi connectivity index (χ0v) is 7.22. The second kappa shape index (κ2) is 8.43. The lowest BCUT2D eigenvalue weighted by atomic mass is 10.5. The van der Waals surface area contributed by atoms with Gasteiger partial charge in [-0.1, -0.05) is 13.8 Å². The molecule has 0 fully saturated rings. The fraction of sp³-hybridized carbons (Fsp3) is 0.857. The molecular weight excluding hydrogens is 130 g/mol. The summed E-state index contributed by atoms with van der Waals surface area (Å²) in [6.07, 6.45) is 0. The van der Waals surface area contributed by atoms with E-state index in [1.807, 2.05) is 20.8 Å². The van der Waals surface area contributed by atoms with Gasteiger partial charge in [-0.2, -0.15) is 0 Å². The van der Waals surface area contributed by atoms with Gasteiger partial charge in [0.1, 0.15) is 6.61 Å². The molecule has 0 aliphatic heterocycles. The van der Waals surface area contributed by atoms with Crippen molar-refractivity contribution in [3.05, 3.63) is 0 Å². The van der Waals surface area contributed by atoms with Crippen LogP contribution < -0.4 is 0 Å². The molecule has 10 heavy (non-hydrogen) atoms. The smallest absolute Gasteiger partial charge is 0.248 e. The Morgan fingerprint density at radius 3 is 2.00 bits per heavy atom. The maximum Gasteiger partial charge on any atom is 0.248 e. The third kappa shape index (κ3) is 5.56. The summed E-state index contributed by atoms with van der Waals surface area (Å²) in [4.78, 5) is 11.9. The molecule has 0 saturated carbocycles. The Balaban J connectivity index is 0. The van der Waals surface area contributed by atoms with Crippen LogP contribution in [0, 0.1) is 0 Å². The van der Waals surface area contributed by atoms with Gasteiger partial charge in [-0.3, -0.25) is 4.79 Å². The number of aliphatic hydroxyl groups excluding tert-OH is 1. The van der Waals surface area contributed by atoms with Crippen LogP contribution in [0.2, 0.25) is 0 Å². The minimum atomic E-state index is -0.385. The van der Waals surface area contributed by atoms with E-state index in [1.54, 1.807) is 7.05 Å². The number of hydrogen-bond acceptors (Lipinski definition) is 2. The standard InChI is InChI=1S/C5H11NO2.C2H6/c1-3-6(2)5(8)4-7;1-2/h7H,3-4H2,1-2H3;1-2H3. The van der Waals surface area contributed by atoms with Crippen LogP contribution in [0.3, 0.4) is 0 Å². The molecule has 0 unspecified atom stereocenters. The van der Waals surface area contributed by atoms with Crippen molar-refractivity contribution in [2.24, 2.45) is 0 Å². The number of rotatable bonds is 2. The number of likely N-dealkylation sites (N-methyl/N-ethyl adjacent to an activating group) is 1. The van der Waals surface area contributed by atoms with Crippen LogP contribution in [0.4, 0.5) is 0 Å². The summed E-state index contributed by atoms with van der Waals surface area (Å²) in [5.41, 5.74) is 0. The van der Waals surface area contributed by atoms with Crippen LogP contribution in [-0.2, 0) is 4.79 Å². The first-order chi connectivity index (χ1) is 4.72. The minimum Gasteiger partial charge on any atom is -0.387 e. The molecule has 0 aromatic heterocycles. The van der Waals surface area contributed by atoms with Crippen molar-refractivity contribution in [2.75, 3.05) is 20.2 Å². The highest BCUT2D eigenvalue weighted by atomic mass is 16.3. The normalized spacial score (nSPS) is 7.70. The molecule has 62 valence electrons. The zero-order valence-electron chi connectivity index (χ0n) is 7.22. The second-order valence-corrected chi connectivity index (χ2v) is 1.57. The molecule has 3 heteroatoms. The first-order valence-electron chi connectivity index (χ1n) is 3.57. The van der Waals surface area contributed by atoms with E-state index in [0.29, 0.717) is 6.54 Å². The molecule has 0 saturated heterocycles. The molecule has 1 N–H and O–H groups in total. The van der Waals surface area contributed by atoms with Gasteiger partial charge >= 0.3 is 0 Å². The van der Waals surface area contributed by atoms with Crippen LogP contribution >= 0.6 is 0 Å². The average Bonchev–Trinajstić information content (AvgIpc) is 2.05. The molecule has 0 spiro atoms. The maximum atomic E-state index is 10.4. The molecule has 0 atom stereocenters. The molecule has 3 nitrogen and oxygen atoms in total. The van der Waals surface area contributed by atoms with Gasteiger partial charge in [0.2, 0.25) is 5.91 Å². The zero-order chi connectivity index (χ0) is 8.57. The van der Waals surface area contributed by atoms with Crippen LogP contribution in [0.25, 0.3) is 0 Å². The lowest BCUT2D eigenvalue weighted by molar-refractivity contribution is -0.132. The first kappa shape index (κ1) is 12.1. The Bertz CT molecular complexity index is 83.7. The number of amides is 1. The van der Waals surface area contributed by atoms with E-state index in [1.165, 1.54) is 4.90 Å². The number of carbonyl (C=O) groups excluding carboxylic acids is 1. The van der Waals surface area contributed by atoms with E-state index < -0.39 is 0 Å². The van der Waals surface area contributed by atoms with E-state index >= 15 is 0 Å². The van der Waals surface area contributed by atoms with E-state index in [0.717, 1.165) is 0 Å². The van der Waals surface area contributed by atoms with Crippen LogP contribution in [0.15, 0.2) is 0 Å². The van der Waals surface area contributed by atoms with Crippen molar-refractivity contribution in [2.45, 2.75) is 20.8 Å². The van der Waals surface area contributed by atoms with Crippen molar-refractivity contribution >= 4 is 5.91 Å². The van der Waals surface area contributed by atoms with Gasteiger partial charge in [-0.05, 0) is 6.92 Å². The van der Waals surface area contributed by atoms with Crippen molar-refractivity contribution in [3.8, 4) is 0 Å². The van der Waals surface area contributed by atoms with Crippen molar-refractivity contribution in [1.82, 2.24) is 4.90 Å². The summed E-state index contributed by atoms with van der Waals surface area (Å²) in [6.45, 7) is 6.12. The number of carbonyl (C=O) groups is 1. The topological polar surface area (TPSA) is 40.5 Å². The molecule has 0 aromatic carbocycles. The highest BCUT2D eigenvalue weighted by molar-refractivity contribution is 5.76. The maximum absolute atomic E-state index is 10.4. The van der Waals surface area contributed by atoms with Gasteiger partial charge in [0.25, 0.3) is 0 Å². The molecule has 0 radical (unpaired) electrons.